The van der Waals surface area contributed by atoms with Crippen LogP contribution in [0.3, 0.4) is 0 Å². The molecule has 0 bridgehead atoms. The lowest BCUT2D eigenvalue weighted by Crippen LogP contribution is -1.96. The molecule has 1 aromatic rings. The van der Waals surface area contributed by atoms with Crippen molar-refractivity contribution in [2.24, 2.45) is 0 Å². The molecule has 0 amide bonds. The number of halogens is 2. The molecule has 0 fully saturated rings. The summed E-state index contributed by atoms with van der Waals surface area (Å²) in [6.45, 7) is 0. The highest BCUT2D eigenvalue weighted by molar-refractivity contribution is 7.79. The molecule has 1 aromatic carbocycles. The van der Waals surface area contributed by atoms with Crippen LogP contribution in [0.1, 0.15) is 5.56 Å². The number of ether oxygens (including phenoxy) is 1. The topological polar surface area (TPSA) is 9.23 Å². The molecule has 12 heavy (non-hydrogen) atoms. The van der Waals surface area contributed by atoms with Gasteiger partial charge >= 0.3 is 0 Å². The molecular weight excluding hydrogens is 182 g/mol. The first kappa shape index (κ1) is 9.06. The van der Waals surface area contributed by atoms with Crippen LogP contribution < -0.4 is 4.74 Å². The van der Waals surface area contributed by atoms with E-state index in [0.717, 1.165) is 11.4 Å². The van der Waals surface area contributed by atoms with Crippen molar-refractivity contribution in [1.29, 1.82) is 0 Å². The second-order valence-electron chi connectivity index (χ2n) is 2.10. The van der Waals surface area contributed by atoms with Crippen LogP contribution in [-0.2, 0) is 0 Å². The molecule has 0 atom stereocenters. The number of hydrogen-bond acceptors (Lipinski definition) is 2. The van der Waals surface area contributed by atoms with Gasteiger partial charge in [-0.15, -0.1) is 0 Å². The average molecular weight is 188 g/mol. The van der Waals surface area contributed by atoms with Gasteiger partial charge in [-0.1, -0.05) is 12.2 Å². The van der Waals surface area contributed by atoms with Crippen molar-refractivity contribution in [3.05, 3.63) is 29.3 Å². The summed E-state index contributed by atoms with van der Waals surface area (Å²) >= 11 is 4.51. The molecule has 0 aliphatic heterocycles. The quantitative estimate of drug-likeness (QED) is 0.659. The van der Waals surface area contributed by atoms with Crippen LogP contribution >= 0.6 is 12.2 Å². The summed E-state index contributed by atoms with van der Waals surface area (Å²) in [6, 6.07) is 2.33. The molecule has 0 aromatic heterocycles. The van der Waals surface area contributed by atoms with Crippen molar-refractivity contribution in [2.75, 3.05) is 7.11 Å². The molecule has 64 valence electrons. The van der Waals surface area contributed by atoms with Crippen LogP contribution in [0.15, 0.2) is 12.1 Å². The average Bonchev–Trinajstić information content (AvgIpc) is 2.09. The largest absolute Gasteiger partial charge is 0.496 e. The maximum atomic E-state index is 12.9. The lowest BCUT2D eigenvalue weighted by atomic mass is 10.2. The second kappa shape index (κ2) is 3.58. The van der Waals surface area contributed by atoms with Gasteiger partial charge in [-0.25, -0.2) is 8.78 Å². The summed E-state index contributed by atoms with van der Waals surface area (Å²) in [7, 11) is 1.37. The summed E-state index contributed by atoms with van der Waals surface area (Å²) in [5, 5.41) is 1.05. The normalized spacial score (nSPS) is 9.58. The van der Waals surface area contributed by atoms with E-state index in [1.165, 1.54) is 13.2 Å². The minimum absolute atomic E-state index is 0.0208. The summed E-state index contributed by atoms with van der Waals surface area (Å²) in [5.41, 5.74) is -0.0208. The van der Waals surface area contributed by atoms with Crippen LogP contribution in [0, 0.1) is 11.6 Å². The Morgan fingerprint density at radius 3 is 2.58 bits per heavy atom. The molecule has 0 N–H and O–H groups in total. The van der Waals surface area contributed by atoms with Gasteiger partial charge in [0.25, 0.3) is 0 Å². The Kier molecular flexibility index (Phi) is 2.70. The number of methoxy groups -OCH3 is 1. The summed E-state index contributed by atoms with van der Waals surface area (Å²) in [4.78, 5) is 0. The molecule has 1 rings (SSSR count). The van der Waals surface area contributed by atoms with E-state index in [-0.39, 0.29) is 11.3 Å². The van der Waals surface area contributed by atoms with E-state index in [1.807, 2.05) is 0 Å². The fraction of sp³-hybridized carbons (Fsp3) is 0.125. The Morgan fingerprint density at radius 1 is 1.42 bits per heavy atom. The molecule has 0 heterocycles. The first-order chi connectivity index (χ1) is 5.70. The molecule has 0 saturated carbocycles. The third kappa shape index (κ3) is 1.43. The number of benzene rings is 1. The summed E-state index contributed by atoms with van der Waals surface area (Å²) in [6.07, 6.45) is 0. The lowest BCUT2D eigenvalue weighted by molar-refractivity contribution is 0.405. The SMILES string of the molecule is COc1ccc(F)c(F)c1C=S. The molecule has 0 aliphatic rings. The van der Waals surface area contributed by atoms with Gasteiger partial charge in [-0.05, 0) is 12.1 Å². The van der Waals surface area contributed by atoms with Crippen molar-refractivity contribution in [1.82, 2.24) is 0 Å². The Bertz CT molecular complexity index is 312. The zero-order valence-corrected chi connectivity index (χ0v) is 7.12. The minimum atomic E-state index is -0.968. The van der Waals surface area contributed by atoms with E-state index in [4.69, 9.17) is 4.74 Å². The standard InChI is InChI=1S/C8H6F2OS/c1-11-7-3-2-6(9)8(10)5(7)4-12/h2-4H,1H3. The van der Waals surface area contributed by atoms with Crippen LogP contribution in [0.5, 0.6) is 5.75 Å². The Balaban J connectivity index is 3.35. The van der Waals surface area contributed by atoms with Crippen molar-refractivity contribution in [3.8, 4) is 5.75 Å². The molecule has 0 radical (unpaired) electrons. The van der Waals surface area contributed by atoms with Gasteiger partial charge in [-0.3, -0.25) is 0 Å². The van der Waals surface area contributed by atoms with E-state index >= 15 is 0 Å². The second-order valence-corrected chi connectivity index (χ2v) is 2.33. The highest BCUT2D eigenvalue weighted by atomic mass is 32.1. The molecule has 1 nitrogen and oxygen atoms in total. The first-order valence-corrected chi connectivity index (χ1v) is 3.65. The van der Waals surface area contributed by atoms with E-state index in [2.05, 4.69) is 12.2 Å². The maximum Gasteiger partial charge on any atom is 0.170 e. The van der Waals surface area contributed by atoms with Gasteiger partial charge < -0.3 is 4.74 Å². The minimum Gasteiger partial charge on any atom is -0.496 e. The lowest BCUT2D eigenvalue weighted by Gasteiger charge is -2.04. The van der Waals surface area contributed by atoms with Crippen LogP contribution in [0.25, 0.3) is 0 Å². The van der Waals surface area contributed by atoms with E-state index < -0.39 is 11.6 Å². The molecule has 4 heteroatoms. The van der Waals surface area contributed by atoms with Crippen molar-refractivity contribution in [3.63, 3.8) is 0 Å². The van der Waals surface area contributed by atoms with E-state index in [1.54, 1.807) is 0 Å². The Labute approximate surface area is 74.0 Å². The monoisotopic (exact) mass is 188 g/mol. The predicted octanol–water partition coefficient (Wildman–Crippen LogP) is 2.32. The Morgan fingerprint density at radius 2 is 2.08 bits per heavy atom. The van der Waals surface area contributed by atoms with Gasteiger partial charge in [-0.2, -0.15) is 0 Å². The molecule has 0 spiro atoms. The molecule has 0 saturated heterocycles. The smallest absolute Gasteiger partial charge is 0.170 e. The van der Waals surface area contributed by atoms with Gasteiger partial charge in [0, 0.05) is 5.37 Å². The third-order valence-electron chi connectivity index (χ3n) is 1.43. The van der Waals surface area contributed by atoms with Gasteiger partial charge in [0.05, 0.1) is 12.7 Å². The zero-order chi connectivity index (χ0) is 9.14. The van der Waals surface area contributed by atoms with Crippen molar-refractivity contribution in [2.45, 2.75) is 0 Å². The van der Waals surface area contributed by atoms with E-state index in [0.29, 0.717) is 0 Å². The number of rotatable bonds is 2. The first-order valence-electron chi connectivity index (χ1n) is 3.18. The van der Waals surface area contributed by atoms with Crippen molar-refractivity contribution < 1.29 is 13.5 Å². The van der Waals surface area contributed by atoms with E-state index in [9.17, 15) is 8.78 Å². The summed E-state index contributed by atoms with van der Waals surface area (Å²) in [5.74, 6) is -1.65. The number of thiocarbonyl (C=S) groups is 1. The summed E-state index contributed by atoms with van der Waals surface area (Å²) < 4.78 is 30.2. The fourth-order valence-corrected chi connectivity index (χ4v) is 1.06. The highest BCUT2D eigenvalue weighted by Gasteiger charge is 2.10. The van der Waals surface area contributed by atoms with Crippen LogP contribution in [0.4, 0.5) is 8.78 Å². The molecule has 0 unspecified atom stereocenters. The highest BCUT2D eigenvalue weighted by Crippen LogP contribution is 2.21. The van der Waals surface area contributed by atoms with Gasteiger partial charge in [0.2, 0.25) is 0 Å². The molecule has 0 aliphatic carbocycles. The van der Waals surface area contributed by atoms with Crippen LogP contribution in [-0.4, -0.2) is 12.5 Å². The predicted molar refractivity (Wildman–Crippen MR) is 45.7 cm³/mol. The maximum absolute atomic E-state index is 12.9. The zero-order valence-electron chi connectivity index (χ0n) is 6.30. The molecular formula is C8H6F2OS. The van der Waals surface area contributed by atoms with Crippen molar-refractivity contribution >= 4 is 17.6 Å². The Hall–Kier alpha value is -1.03. The van der Waals surface area contributed by atoms with Crippen LogP contribution in [0.2, 0.25) is 0 Å². The number of hydrogen-bond donors (Lipinski definition) is 0. The van der Waals surface area contributed by atoms with Gasteiger partial charge in [0.15, 0.2) is 11.6 Å². The fourth-order valence-electron chi connectivity index (χ4n) is 0.836. The third-order valence-corrected chi connectivity index (χ3v) is 1.67. The van der Waals surface area contributed by atoms with Gasteiger partial charge in [0.1, 0.15) is 5.75 Å².